The van der Waals surface area contributed by atoms with E-state index in [0.29, 0.717) is 18.0 Å². The molecule has 0 aliphatic carbocycles. The van der Waals surface area contributed by atoms with Crippen LogP contribution in [0.2, 0.25) is 0 Å². The highest BCUT2D eigenvalue weighted by atomic mass is 32.1. The Morgan fingerprint density at radius 2 is 2.18 bits per heavy atom. The highest BCUT2D eigenvalue weighted by Gasteiger charge is 2.34. The Morgan fingerprint density at radius 3 is 2.96 bits per heavy atom. The van der Waals surface area contributed by atoms with E-state index < -0.39 is 0 Å². The number of imidazole rings is 1. The number of aromatic nitrogens is 3. The highest BCUT2D eigenvalue weighted by molar-refractivity contribution is 7.17. The first kappa shape index (κ1) is 17.2. The van der Waals surface area contributed by atoms with Gasteiger partial charge in [-0.2, -0.15) is 0 Å². The molecule has 2 aromatic heterocycles. The second-order valence-corrected chi connectivity index (χ2v) is 8.84. The van der Waals surface area contributed by atoms with Gasteiger partial charge in [0.2, 0.25) is 0 Å². The van der Waals surface area contributed by atoms with Crippen molar-refractivity contribution in [3.8, 4) is 17.0 Å². The predicted octanol–water partition coefficient (Wildman–Crippen LogP) is 3.14. The molecule has 0 spiro atoms. The fraction of sp³-hybridized carbons (Fsp3) is 0.350. The zero-order chi connectivity index (χ0) is 19.5. The number of fused-ring (bicyclic) bond motifs is 2. The number of carbonyl (C=O) groups excluding carboxylic acids is 1. The van der Waals surface area contributed by atoms with Crippen LogP contribution in [-0.2, 0) is 13.5 Å². The van der Waals surface area contributed by atoms with Crippen molar-refractivity contribution in [3.05, 3.63) is 41.3 Å². The lowest BCUT2D eigenvalue weighted by Gasteiger charge is -2.29. The zero-order valence-corrected chi connectivity index (χ0v) is 16.8. The average molecular weight is 395 g/mol. The van der Waals surface area contributed by atoms with Crippen molar-refractivity contribution in [2.75, 3.05) is 18.1 Å². The number of ether oxygens (including phenoxy) is 1. The number of nitrogens with one attached hydrogen (secondary N) is 1. The van der Waals surface area contributed by atoms with Gasteiger partial charge in [-0.05, 0) is 32.0 Å². The van der Waals surface area contributed by atoms with Crippen LogP contribution in [-0.4, -0.2) is 39.1 Å². The molecule has 0 atom stereocenters. The van der Waals surface area contributed by atoms with Gasteiger partial charge in [0.1, 0.15) is 17.2 Å². The lowest BCUT2D eigenvalue weighted by molar-refractivity contribution is 0.0901. The molecule has 1 aromatic carbocycles. The molecule has 144 valence electrons. The van der Waals surface area contributed by atoms with E-state index in [1.165, 1.54) is 11.3 Å². The van der Waals surface area contributed by atoms with E-state index in [9.17, 15) is 4.79 Å². The average Bonchev–Trinajstić information content (AvgIpc) is 3.26. The van der Waals surface area contributed by atoms with Gasteiger partial charge >= 0.3 is 0 Å². The Bertz CT molecular complexity index is 1080. The molecule has 7 nitrogen and oxygen atoms in total. The summed E-state index contributed by atoms with van der Waals surface area (Å²) in [4.78, 5) is 24.4. The minimum atomic E-state index is -0.273. The summed E-state index contributed by atoms with van der Waals surface area (Å²) in [6.07, 6.45) is 4.37. The number of aryl methyl sites for hydroxylation is 1. The molecule has 0 unspecified atom stereocenters. The van der Waals surface area contributed by atoms with Crippen LogP contribution in [0.1, 0.15) is 29.2 Å². The Kier molecular flexibility index (Phi) is 3.74. The number of benzene rings is 1. The summed E-state index contributed by atoms with van der Waals surface area (Å²) in [6, 6.07) is 6.14. The normalized spacial score (nSPS) is 17.5. The Labute approximate surface area is 167 Å². The third kappa shape index (κ3) is 2.75. The van der Waals surface area contributed by atoms with E-state index >= 15 is 0 Å². The number of rotatable bonds is 2. The summed E-state index contributed by atoms with van der Waals surface area (Å²) in [5.74, 6) is 0.794. The zero-order valence-electron chi connectivity index (χ0n) is 16.0. The number of nitrogens with zero attached hydrogens (tertiary/aromatic N) is 4. The third-order valence-corrected chi connectivity index (χ3v) is 6.24. The summed E-state index contributed by atoms with van der Waals surface area (Å²) < 4.78 is 7.86. The van der Waals surface area contributed by atoms with Gasteiger partial charge < -0.3 is 19.5 Å². The van der Waals surface area contributed by atoms with Crippen molar-refractivity contribution >= 4 is 28.1 Å². The van der Waals surface area contributed by atoms with Crippen LogP contribution in [0.4, 0.5) is 10.8 Å². The predicted molar refractivity (Wildman–Crippen MR) is 109 cm³/mol. The maximum atomic E-state index is 12.5. The van der Waals surface area contributed by atoms with Gasteiger partial charge in [-0.1, -0.05) is 11.3 Å². The maximum absolute atomic E-state index is 12.5. The second-order valence-electron chi connectivity index (χ2n) is 7.86. The van der Waals surface area contributed by atoms with Crippen molar-refractivity contribution in [3.63, 3.8) is 0 Å². The minimum absolute atomic E-state index is 0.0351. The van der Waals surface area contributed by atoms with Crippen molar-refractivity contribution in [1.29, 1.82) is 0 Å². The molecule has 2 aliphatic rings. The van der Waals surface area contributed by atoms with Gasteiger partial charge in [-0.25, -0.2) is 9.97 Å². The number of hydrogen-bond donors (Lipinski definition) is 1. The summed E-state index contributed by atoms with van der Waals surface area (Å²) in [5.41, 5.74) is 3.67. The van der Waals surface area contributed by atoms with Gasteiger partial charge in [0, 0.05) is 24.6 Å². The molecular weight excluding hydrogens is 374 g/mol. The summed E-state index contributed by atoms with van der Waals surface area (Å²) in [6.45, 7) is 5.33. The van der Waals surface area contributed by atoms with Crippen LogP contribution in [0.5, 0.6) is 5.75 Å². The van der Waals surface area contributed by atoms with Crippen LogP contribution >= 0.6 is 11.3 Å². The van der Waals surface area contributed by atoms with Gasteiger partial charge in [-0.3, -0.25) is 4.79 Å². The van der Waals surface area contributed by atoms with Crippen LogP contribution in [0.25, 0.3) is 11.3 Å². The molecule has 1 amide bonds. The molecule has 1 N–H and O–H groups in total. The first-order valence-electron chi connectivity index (χ1n) is 9.25. The molecule has 0 saturated carbocycles. The number of carbonyl (C=O) groups is 1. The summed E-state index contributed by atoms with van der Waals surface area (Å²) >= 11 is 1.45. The van der Waals surface area contributed by atoms with Crippen LogP contribution in [0.3, 0.4) is 0 Å². The minimum Gasteiger partial charge on any atom is -0.490 e. The van der Waals surface area contributed by atoms with Crippen LogP contribution < -0.4 is 15.0 Å². The van der Waals surface area contributed by atoms with E-state index in [4.69, 9.17) is 9.72 Å². The fourth-order valence-corrected chi connectivity index (χ4v) is 4.81. The summed E-state index contributed by atoms with van der Waals surface area (Å²) in [7, 11) is 1.98. The van der Waals surface area contributed by atoms with E-state index in [0.717, 1.165) is 39.9 Å². The smallest absolute Gasteiger partial charge is 0.263 e. The topological polar surface area (TPSA) is 72.3 Å². The van der Waals surface area contributed by atoms with E-state index in [1.54, 1.807) is 6.33 Å². The molecular formula is C20H21N5O2S. The molecule has 5 rings (SSSR count). The lowest BCUT2D eigenvalue weighted by atomic mass is 9.94. The molecule has 4 heterocycles. The van der Waals surface area contributed by atoms with Crippen LogP contribution in [0.15, 0.2) is 30.7 Å². The van der Waals surface area contributed by atoms with E-state index in [-0.39, 0.29) is 11.4 Å². The quantitative estimate of drug-likeness (QED) is 0.722. The van der Waals surface area contributed by atoms with Gasteiger partial charge in [0.15, 0.2) is 5.13 Å². The molecule has 2 aliphatic heterocycles. The molecule has 0 saturated heterocycles. The number of anilines is 2. The number of thiazole rings is 1. The van der Waals surface area contributed by atoms with E-state index in [2.05, 4.69) is 21.3 Å². The van der Waals surface area contributed by atoms with E-state index in [1.807, 2.05) is 43.8 Å². The van der Waals surface area contributed by atoms with Crippen molar-refractivity contribution in [1.82, 2.24) is 19.9 Å². The number of hydrogen-bond acceptors (Lipinski definition) is 6. The van der Waals surface area contributed by atoms with Crippen molar-refractivity contribution < 1.29 is 9.53 Å². The van der Waals surface area contributed by atoms with Gasteiger partial charge in [0.25, 0.3) is 5.91 Å². The standard InChI is InChI=1S/C20H21N5O2S/c1-20(2)9-13-17(18(26)23-20)28-19(22-13)25-6-7-27-16-5-4-12(8-14(16)25)15-10-21-11-24(15)3/h4-5,8,10-11H,6-7,9H2,1-3H3,(H,23,26). The third-order valence-electron chi connectivity index (χ3n) is 5.12. The SMILES string of the molecule is Cn1cncc1-c1ccc2c(c1)N(c1nc3c(s1)C(=O)NC(C)(C)C3)CCO2. The molecule has 0 fully saturated rings. The molecule has 3 aromatic rings. The highest BCUT2D eigenvalue weighted by Crippen LogP contribution is 2.42. The Morgan fingerprint density at radius 1 is 1.32 bits per heavy atom. The largest absolute Gasteiger partial charge is 0.490 e. The Balaban J connectivity index is 1.57. The van der Waals surface area contributed by atoms with Crippen LogP contribution in [0, 0.1) is 0 Å². The lowest BCUT2D eigenvalue weighted by Crippen LogP contribution is -2.48. The fourth-order valence-electron chi connectivity index (χ4n) is 3.79. The van der Waals surface area contributed by atoms with Gasteiger partial charge in [0.05, 0.1) is 36.1 Å². The van der Waals surface area contributed by atoms with Crippen molar-refractivity contribution in [2.24, 2.45) is 7.05 Å². The molecule has 8 heteroatoms. The monoisotopic (exact) mass is 395 g/mol. The maximum Gasteiger partial charge on any atom is 0.263 e. The molecule has 0 radical (unpaired) electrons. The second kappa shape index (κ2) is 6.07. The molecule has 0 bridgehead atoms. The number of amides is 1. The first-order chi connectivity index (χ1) is 13.4. The first-order valence-corrected chi connectivity index (χ1v) is 10.1. The Hall–Kier alpha value is -2.87. The van der Waals surface area contributed by atoms with Crippen molar-refractivity contribution in [2.45, 2.75) is 25.8 Å². The van der Waals surface area contributed by atoms with Gasteiger partial charge in [-0.15, -0.1) is 0 Å². The molecule has 28 heavy (non-hydrogen) atoms. The summed E-state index contributed by atoms with van der Waals surface area (Å²) in [5, 5.41) is 3.90.